The van der Waals surface area contributed by atoms with Gasteiger partial charge in [-0.25, -0.2) is 9.97 Å². The average molecular weight is 242 g/mol. The highest BCUT2D eigenvalue weighted by Gasteiger charge is 2.28. The van der Waals surface area contributed by atoms with Crippen LogP contribution in [-0.2, 0) is 0 Å². The van der Waals surface area contributed by atoms with Crippen LogP contribution in [0.3, 0.4) is 0 Å². The third kappa shape index (κ3) is 2.62. The van der Waals surface area contributed by atoms with Gasteiger partial charge >= 0.3 is 0 Å². The number of piperidine rings is 1. The molecule has 1 aromatic rings. The summed E-state index contributed by atoms with van der Waals surface area (Å²) in [5.74, 6) is 0.855. The first-order valence-corrected chi connectivity index (χ1v) is 5.83. The van der Waals surface area contributed by atoms with Crippen LogP contribution in [0.4, 0.5) is 5.82 Å². The largest absolute Gasteiger partial charge is 0.390 e. The van der Waals surface area contributed by atoms with Crippen LogP contribution in [0.25, 0.3) is 0 Å². The van der Waals surface area contributed by atoms with E-state index in [2.05, 4.69) is 14.9 Å². The molecule has 16 heavy (non-hydrogen) atoms. The number of hydrogen-bond acceptors (Lipinski definition) is 4. The Balaban J connectivity index is 2.14. The van der Waals surface area contributed by atoms with E-state index < -0.39 is 5.60 Å². The van der Waals surface area contributed by atoms with E-state index in [0.717, 1.165) is 37.4 Å². The van der Waals surface area contributed by atoms with Crippen molar-refractivity contribution < 1.29 is 5.11 Å². The Morgan fingerprint density at radius 1 is 1.38 bits per heavy atom. The van der Waals surface area contributed by atoms with Gasteiger partial charge in [-0.2, -0.15) is 0 Å². The molecule has 0 saturated carbocycles. The van der Waals surface area contributed by atoms with E-state index in [1.165, 1.54) is 0 Å². The van der Waals surface area contributed by atoms with Crippen LogP contribution in [0.5, 0.6) is 0 Å². The molecule has 0 radical (unpaired) electrons. The molecular formula is C11H16ClN3O. The number of aryl methyl sites for hydroxylation is 1. The molecule has 2 heterocycles. The van der Waals surface area contributed by atoms with Crippen molar-refractivity contribution in [2.24, 2.45) is 0 Å². The third-order valence-corrected chi connectivity index (χ3v) is 3.15. The molecule has 1 aliphatic rings. The highest BCUT2D eigenvalue weighted by Crippen LogP contribution is 2.25. The summed E-state index contributed by atoms with van der Waals surface area (Å²) in [6.45, 7) is 5.39. The summed E-state index contributed by atoms with van der Waals surface area (Å²) in [6, 6.07) is 1.92. The number of aliphatic hydroxyl groups is 1. The minimum absolute atomic E-state index is 0.285. The number of halogens is 1. The van der Waals surface area contributed by atoms with E-state index in [-0.39, 0.29) is 5.28 Å². The van der Waals surface area contributed by atoms with E-state index in [9.17, 15) is 5.11 Å². The van der Waals surface area contributed by atoms with Gasteiger partial charge in [-0.1, -0.05) is 0 Å². The fraction of sp³-hybridized carbons (Fsp3) is 0.636. The molecule has 1 saturated heterocycles. The molecule has 0 aliphatic carbocycles. The Morgan fingerprint density at radius 2 is 2.00 bits per heavy atom. The molecular weight excluding hydrogens is 226 g/mol. The molecule has 1 aromatic heterocycles. The average Bonchev–Trinajstić information content (AvgIpc) is 2.15. The predicted octanol–water partition coefficient (Wildman–Crippen LogP) is 1.79. The second-order valence-electron chi connectivity index (χ2n) is 4.62. The summed E-state index contributed by atoms with van der Waals surface area (Å²) < 4.78 is 0. The van der Waals surface area contributed by atoms with Crippen molar-refractivity contribution in [3.05, 3.63) is 17.0 Å². The van der Waals surface area contributed by atoms with Gasteiger partial charge in [-0.3, -0.25) is 0 Å². The molecule has 0 amide bonds. The normalized spacial score (nSPS) is 19.9. The molecule has 0 unspecified atom stereocenters. The van der Waals surface area contributed by atoms with Crippen LogP contribution in [0, 0.1) is 6.92 Å². The van der Waals surface area contributed by atoms with E-state index in [0.29, 0.717) is 0 Å². The first kappa shape index (κ1) is 11.6. The maximum Gasteiger partial charge on any atom is 0.224 e. The zero-order chi connectivity index (χ0) is 11.8. The Kier molecular flexibility index (Phi) is 3.04. The Hall–Kier alpha value is -0.870. The van der Waals surface area contributed by atoms with E-state index in [1.54, 1.807) is 0 Å². The highest BCUT2D eigenvalue weighted by molar-refractivity contribution is 6.28. The second kappa shape index (κ2) is 4.18. The molecule has 2 rings (SSSR count). The van der Waals surface area contributed by atoms with Gasteiger partial charge in [-0.05, 0) is 38.3 Å². The van der Waals surface area contributed by atoms with Gasteiger partial charge < -0.3 is 10.0 Å². The van der Waals surface area contributed by atoms with Crippen molar-refractivity contribution in [1.29, 1.82) is 0 Å². The first-order valence-electron chi connectivity index (χ1n) is 5.45. The quantitative estimate of drug-likeness (QED) is 0.762. The van der Waals surface area contributed by atoms with Crippen LogP contribution < -0.4 is 4.90 Å². The maximum absolute atomic E-state index is 9.86. The van der Waals surface area contributed by atoms with Crippen LogP contribution in [0.1, 0.15) is 25.5 Å². The van der Waals surface area contributed by atoms with Crippen LogP contribution in [-0.4, -0.2) is 33.8 Å². The van der Waals surface area contributed by atoms with Crippen molar-refractivity contribution in [2.75, 3.05) is 18.0 Å². The van der Waals surface area contributed by atoms with Gasteiger partial charge in [0.1, 0.15) is 5.82 Å². The number of aromatic nitrogens is 2. The molecule has 4 nitrogen and oxygen atoms in total. The van der Waals surface area contributed by atoms with Gasteiger partial charge in [0.05, 0.1) is 5.60 Å². The minimum Gasteiger partial charge on any atom is -0.390 e. The van der Waals surface area contributed by atoms with Crippen molar-refractivity contribution >= 4 is 17.4 Å². The van der Waals surface area contributed by atoms with Gasteiger partial charge in [-0.15, -0.1) is 0 Å². The summed E-state index contributed by atoms with van der Waals surface area (Å²) in [5.41, 5.74) is 0.329. The van der Waals surface area contributed by atoms with E-state index in [4.69, 9.17) is 11.6 Å². The number of anilines is 1. The van der Waals surface area contributed by atoms with Crippen molar-refractivity contribution in [3.8, 4) is 0 Å². The van der Waals surface area contributed by atoms with Gasteiger partial charge in [0.15, 0.2) is 0 Å². The smallest absolute Gasteiger partial charge is 0.224 e. The predicted molar refractivity (Wildman–Crippen MR) is 63.8 cm³/mol. The summed E-state index contributed by atoms with van der Waals surface area (Å²) in [4.78, 5) is 10.4. The molecule has 88 valence electrons. The Bertz CT molecular complexity index is 365. The standard InChI is InChI=1S/C11H16ClN3O/c1-8-7-9(14-10(12)13-8)15-5-3-11(2,16)4-6-15/h7,16H,3-6H2,1-2H3. The first-order chi connectivity index (χ1) is 7.46. The van der Waals surface area contributed by atoms with E-state index in [1.807, 2.05) is 19.9 Å². The molecule has 0 aromatic carbocycles. The molecule has 1 N–H and O–H groups in total. The summed E-state index contributed by atoms with van der Waals surface area (Å²) in [6.07, 6.45) is 1.52. The molecule has 1 fully saturated rings. The van der Waals surface area contributed by atoms with Crippen molar-refractivity contribution in [2.45, 2.75) is 32.3 Å². The molecule has 0 bridgehead atoms. The number of hydrogen-bond donors (Lipinski definition) is 1. The lowest BCUT2D eigenvalue weighted by Crippen LogP contribution is -2.42. The SMILES string of the molecule is Cc1cc(N2CCC(C)(O)CC2)nc(Cl)n1. The van der Waals surface area contributed by atoms with Crippen molar-refractivity contribution in [1.82, 2.24) is 9.97 Å². The monoisotopic (exact) mass is 241 g/mol. The summed E-state index contributed by atoms with van der Waals surface area (Å²) in [7, 11) is 0. The topological polar surface area (TPSA) is 49.2 Å². The molecule has 5 heteroatoms. The molecule has 1 aliphatic heterocycles. The molecule has 0 spiro atoms. The van der Waals surface area contributed by atoms with Gasteiger partial charge in [0, 0.05) is 24.8 Å². The molecule has 0 atom stereocenters. The Labute approximate surface area is 100 Å². The third-order valence-electron chi connectivity index (χ3n) is 2.98. The fourth-order valence-corrected chi connectivity index (χ4v) is 2.12. The lowest BCUT2D eigenvalue weighted by molar-refractivity contribution is 0.0350. The van der Waals surface area contributed by atoms with Crippen LogP contribution >= 0.6 is 11.6 Å². The minimum atomic E-state index is -0.539. The second-order valence-corrected chi connectivity index (χ2v) is 4.96. The lowest BCUT2D eigenvalue weighted by atomic mass is 9.94. The van der Waals surface area contributed by atoms with Crippen LogP contribution in [0.15, 0.2) is 6.07 Å². The van der Waals surface area contributed by atoms with Crippen molar-refractivity contribution in [3.63, 3.8) is 0 Å². The lowest BCUT2D eigenvalue weighted by Gasteiger charge is -2.36. The van der Waals surface area contributed by atoms with E-state index >= 15 is 0 Å². The zero-order valence-corrected chi connectivity index (χ0v) is 10.3. The summed E-state index contributed by atoms with van der Waals surface area (Å²) in [5, 5.41) is 10.1. The Morgan fingerprint density at radius 3 is 2.56 bits per heavy atom. The summed E-state index contributed by atoms with van der Waals surface area (Å²) >= 11 is 5.83. The maximum atomic E-state index is 9.86. The fourth-order valence-electron chi connectivity index (χ4n) is 1.90. The number of nitrogens with zero attached hydrogens (tertiary/aromatic N) is 3. The number of rotatable bonds is 1. The van der Waals surface area contributed by atoms with Gasteiger partial charge in [0.25, 0.3) is 0 Å². The highest BCUT2D eigenvalue weighted by atomic mass is 35.5. The van der Waals surface area contributed by atoms with Gasteiger partial charge in [0.2, 0.25) is 5.28 Å². The zero-order valence-electron chi connectivity index (χ0n) is 9.57. The van der Waals surface area contributed by atoms with Crippen LogP contribution in [0.2, 0.25) is 5.28 Å².